The Morgan fingerprint density at radius 3 is 2.70 bits per heavy atom. The maximum Gasteiger partial charge on any atom is 0.332 e. The highest BCUT2D eigenvalue weighted by Gasteiger charge is 1.89. The number of primary amides is 1. The number of nitrogens with one attached hydrogen (secondary N) is 1. The highest BCUT2D eigenvalue weighted by Crippen LogP contribution is 1.70. The van der Waals surface area contributed by atoms with Gasteiger partial charge in [-0.25, -0.2) is 10.2 Å². The van der Waals surface area contributed by atoms with E-state index in [0.29, 0.717) is 0 Å². The van der Waals surface area contributed by atoms with E-state index in [1.54, 1.807) is 0 Å². The van der Waals surface area contributed by atoms with Crippen LogP contribution in [-0.2, 0) is 4.79 Å². The van der Waals surface area contributed by atoms with Crippen LogP contribution in [0.3, 0.4) is 0 Å². The van der Waals surface area contributed by atoms with Crippen LogP contribution < -0.4 is 11.2 Å². The Morgan fingerprint density at radius 2 is 2.30 bits per heavy atom. The molecule has 10 heavy (non-hydrogen) atoms. The van der Waals surface area contributed by atoms with E-state index >= 15 is 0 Å². The molecule has 0 saturated heterocycles. The van der Waals surface area contributed by atoms with E-state index in [4.69, 9.17) is 5.11 Å². The Morgan fingerprint density at radius 1 is 1.70 bits per heavy atom. The normalized spacial score (nSPS) is 9.60. The molecule has 6 heteroatoms. The number of hydrogen-bond acceptors (Lipinski definition) is 3. The van der Waals surface area contributed by atoms with Gasteiger partial charge in [-0.15, -0.1) is 0 Å². The molecule has 0 rings (SSSR count). The number of carbonyl (C=O) groups is 2. The van der Waals surface area contributed by atoms with E-state index < -0.39 is 12.0 Å². The van der Waals surface area contributed by atoms with Crippen LogP contribution in [0.5, 0.6) is 0 Å². The molecule has 0 aliphatic rings. The maximum atomic E-state index is 9.89. The van der Waals surface area contributed by atoms with Gasteiger partial charge in [0, 0.05) is 6.21 Å². The number of rotatable bonds is 3. The molecule has 4 N–H and O–H groups in total. The molecule has 0 aromatic heterocycles. The molecule has 2 amide bonds. The van der Waals surface area contributed by atoms with E-state index in [9.17, 15) is 9.59 Å². The van der Waals surface area contributed by atoms with Gasteiger partial charge in [0.2, 0.25) is 0 Å². The van der Waals surface area contributed by atoms with Crippen LogP contribution in [0.4, 0.5) is 4.79 Å². The van der Waals surface area contributed by atoms with Gasteiger partial charge in [-0.05, 0) is 0 Å². The van der Waals surface area contributed by atoms with Crippen molar-refractivity contribution in [1.29, 1.82) is 0 Å². The second-order valence-electron chi connectivity index (χ2n) is 1.39. The van der Waals surface area contributed by atoms with Crippen LogP contribution in [0.25, 0.3) is 0 Å². The fraction of sp³-hybridized carbons (Fsp3) is 0.250. The molecule has 0 radical (unpaired) electrons. The SMILES string of the molecule is NC(=O)N/N=C/CC(=O)O. The van der Waals surface area contributed by atoms with E-state index in [2.05, 4.69) is 10.8 Å². The van der Waals surface area contributed by atoms with Crippen molar-refractivity contribution in [1.82, 2.24) is 5.43 Å². The summed E-state index contributed by atoms with van der Waals surface area (Å²) < 4.78 is 0. The fourth-order valence-corrected chi connectivity index (χ4v) is 0.233. The molecule has 0 bridgehead atoms. The summed E-state index contributed by atoms with van der Waals surface area (Å²) in [5.41, 5.74) is 6.44. The molecular weight excluding hydrogens is 138 g/mol. The minimum atomic E-state index is -1.02. The molecular formula is C4H7N3O3. The van der Waals surface area contributed by atoms with Gasteiger partial charge in [-0.3, -0.25) is 4.79 Å². The number of carboxylic acids is 1. The Hall–Kier alpha value is -1.59. The summed E-state index contributed by atoms with van der Waals surface area (Å²) >= 11 is 0. The minimum absolute atomic E-state index is 0.236. The number of hydrazone groups is 1. The lowest BCUT2D eigenvalue weighted by Crippen LogP contribution is -2.24. The summed E-state index contributed by atoms with van der Waals surface area (Å²) in [6.07, 6.45) is 0.799. The van der Waals surface area contributed by atoms with Gasteiger partial charge in [0.1, 0.15) is 0 Å². The zero-order chi connectivity index (χ0) is 7.98. The van der Waals surface area contributed by atoms with Crippen molar-refractivity contribution in [2.24, 2.45) is 10.8 Å². The molecule has 0 atom stereocenters. The van der Waals surface area contributed by atoms with Crippen molar-refractivity contribution >= 4 is 18.2 Å². The molecule has 0 heterocycles. The van der Waals surface area contributed by atoms with Crippen molar-refractivity contribution in [2.45, 2.75) is 6.42 Å². The molecule has 0 unspecified atom stereocenters. The predicted molar refractivity (Wildman–Crippen MR) is 33.5 cm³/mol. The van der Waals surface area contributed by atoms with Crippen molar-refractivity contribution in [3.05, 3.63) is 0 Å². The average Bonchev–Trinajstić information content (AvgIpc) is 1.79. The van der Waals surface area contributed by atoms with Gasteiger partial charge >= 0.3 is 12.0 Å². The lowest BCUT2D eigenvalue weighted by Gasteiger charge is -1.87. The predicted octanol–water partition coefficient (Wildman–Crippen LogP) is -0.885. The average molecular weight is 145 g/mol. The number of nitrogens with two attached hydrogens (primary N) is 1. The molecule has 0 aromatic rings. The highest BCUT2D eigenvalue weighted by atomic mass is 16.4. The fourth-order valence-electron chi connectivity index (χ4n) is 0.233. The molecule has 0 aliphatic heterocycles. The number of nitrogens with zero attached hydrogens (tertiary/aromatic N) is 1. The molecule has 0 fully saturated rings. The summed E-state index contributed by atoms with van der Waals surface area (Å²) in [6, 6.07) is -0.818. The molecule has 0 spiro atoms. The van der Waals surface area contributed by atoms with Crippen LogP contribution in [0.2, 0.25) is 0 Å². The first-order valence-electron chi connectivity index (χ1n) is 2.41. The van der Waals surface area contributed by atoms with E-state index in [-0.39, 0.29) is 6.42 Å². The van der Waals surface area contributed by atoms with Crippen LogP contribution >= 0.6 is 0 Å². The van der Waals surface area contributed by atoms with Crippen molar-refractivity contribution in [2.75, 3.05) is 0 Å². The topological polar surface area (TPSA) is 105 Å². The summed E-state index contributed by atoms with van der Waals surface area (Å²) in [5.74, 6) is -1.02. The van der Waals surface area contributed by atoms with E-state index in [1.807, 2.05) is 5.43 Å². The largest absolute Gasteiger partial charge is 0.481 e. The Kier molecular flexibility index (Phi) is 3.62. The molecule has 0 aromatic carbocycles. The van der Waals surface area contributed by atoms with Gasteiger partial charge in [0.25, 0.3) is 0 Å². The van der Waals surface area contributed by atoms with Crippen LogP contribution in [0.15, 0.2) is 5.10 Å². The smallest absolute Gasteiger partial charge is 0.332 e. The Labute approximate surface area is 56.7 Å². The van der Waals surface area contributed by atoms with Crippen LogP contribution in [-0.4, -0.2) is 23.3 Å². The third-order valence-electron chi connectivity index (χ3n) is 0.532. The van der Waals surface area contributed by atoms with Crippen molar-refractivity contribution in [3.8, 4) is 0 Å². The van der Waals surface area contributed by atoms with Crippen LogP contribution in [0, 0.1) is 0 Å². The standard InChI is InChI=1S/C4H7N3O3/c5-4(10)7-6-2-1-3(8)9/h2H,1H2,(H,8,9)(H3,5,7,10)/b6-2+. The van der Waals surface area contributed by atoms with E-state index in [0.717, 1.165) is 6.21 Å². The third-order valence-corrected chi connectivity index (χ3v) is 0.532. The van der Waals surface area contributed by atoms with Gasteiger partial charge in [-0.2, -0.15) is 5.10 Å². The quantitative estimate of drug-likeness (QED) is 0.354. The summed E-state index contributed by atoms with van der Waals surface area (Å²) in [4.78, 5) is 19.7. The summed E-state index contributed by atoms with van der Waals surface area (Å²) in [7, 11) is 0. The van der Waals surface area contributed by atoms with Crippen LogP contribution in [0.1, 0.15) is 6.42 Å². The van der Waals surface area contributed by atoms with E-state index in [1.165, 1.54) is 0 Å². The number of amides is 2. The Bertz CT molecular complexity index is 147. The molecule has 0 saturated carbocycles. The number of urea groups is 1. The minimum Gasteiger partial charge on any atom is -0.481 e. The third kappa shape index (κ3) is 6.41. The highest BCUT2D eigenvalue weighted by molar-refractivity contribution is 5.85. The second kappa shape index (κ2) is 4.30. The zero-order valence-corrected chi connectivity index (χ0v) is 5.07. The van der Waals surface area contributed by atoms with Crippen molar-refractivity contribution < 1.29 is 14.7 Å². The number of aliphatic carboxylic acids is 1. The lowest BCUT2D eigenvalue weighted by molar-refractivity contribution is -0.135. The maximum absolute atomic E-state index is 9.89. The zero-order valence-electron chi connectivity index (χ0n) is 5.07. The van der Waals surface area contributed by atoms with Gasteiger partial charge < -0.3 is 10.8 Å². The lowest BCUT2D eigenvalue weighted by atomic mass is 10.5. The molecule has 0 aliphatic carbocycles. The van der Waals surface area contributed by atoms with Gasteiger partial charge in [0.15, 0.2) is 0 Å². The first kappa shape index (κ1) is 8.41. The number of hydrogen-bond donors (Lipinski definition) is 3. The number of carboxylic acid groups (broad SMARTS) is 1. The molecule has 6 nitrogen and oxygen atoms in total. The van der Waals surface area contributed by atoms with Gasteiger partial charge in [0.05, 0.1) is 6.42 Å². The van der Waals surface area contributed by atoms with Crippen molar-refractivity contribution in [3.63, 3.8) is 0 Å². The second-order valence-corrected chi connectivity index (χ2v) is 1.39. The van der Waals surface area contributed by atoms with Gasteiger partial charge in [-0.1, -0.05) is 0 Å². The first-order valence-corrected chi connectivity index (χ1v) is 2.41. The summed E-state index contributed by atoms with van der Waals surface area (Å²) in [6.45, 7) is 0. The Balaban J connectivity index is 3.38. The monoisotopic (exact) mass is 145 g/mol. The number of carbonyl (C=O) groups excluding carboxylic acids is 1. The molecule has 56 valence electrons. The first-order chi connectivity index (χ1) is 4.63. The summed E-state index contributed by atoms with van der Waals surface area (Å²) in [5, 5.41) is 11.2.